The van der Waals surface area contributed by atoms with Crippen molar-refractivity contribution in [3.8, 4) is 0 Å². The van der Waals surface area contributed by atoms with Crippen molar-refractivity contribution < 1.29 is 13.2 Å². The first kappa shape index (κ1) is 19.4. The minimum atomic E-state index is -3.08. The topological polar surface area (TPSA) is 80.5 Å². The van der Waals surface area contributed by atoms with E-state index in [0.29, 0.717) is 19.5 Å². The van der Waals surface area contributed by atoms with E-state index in [1.54, 1.807) is 11.8 Å². The summed E-state index contributed by atoms with van der Waals surface area (Å²) in [6, 6.07) is -0.277. The fraction of sp³-hybridized carbons (Fsp3) is 0.938. The van der Waals surface area contributed by atoms with Gasteiger partial charge in [0.05, 0.1) is 5.75 Å². The van der Waals surface area contributed by atoms with Crippen molar-refractivity contribution in [2.75, 3.05) is 24.6 Å². The molecular formula is C16H32N2O3S. The van der Waals surface area contributed by atoms with E-state index in [1.807, 2.05) is 13.8 Å². The number of carbonyl (C=O) groups is 1. The third kappa shape index (κ3) is 5.23. The first-order valence-corrected chi connectivity index (χ1v) is 10.3. The molecule has 0 spiro atoms. The molecule has 0 heterocycles. The highest BCUT2D eigenvalue weighted by Gasteiger charge is 2.35. The number of sulfone groups is 1. The van der Waals surface area contributed by atoms with Gasteiger partial charge in [-0.25, -0.2) is 8.42 Å². The van der Waals surface area contributed by atoms with Crippen LogP contribution in [0.4, 0.5) is 0 Å². The molecule has 130 valence electrons. The highest BCUT2D eigenvalue weighted by atomic mass is 32.2. The van der Waals surface area contributed by atoms with Gasteiger partial charge in [0.15, 0.2) is 9.84 Å². The molecule has 1 atom stereocenters. The molecule has 1 saturated carbocycles. The molecule has 2 N–H and O–H groups in total. The van der Waals surface area contributed by atoms with Gasteiger partial charge in [-0.05, 0) is 38.6 Å². The van der Waals surface area contributed by atoms with Crippen molar-refractivity contribution in [1.82, 2.24) is 4.90 Å². The van der Waals surface area contributed by atoms with Crippen LogP contribution in [0.15, 0.2) is 0 Å². The van der Waals surface area contributed by atoms with Gasteiger partial charge in [0.25, 0.3) is 0 Å². The van der Waals surface area contributed by atoms with Gasteiger partial charge in [0.1, 0.15) is 0 Å². The van der Waals surface area contributed by atoms with Gasteiger partial charge in [-0.2, -0.15) is 0 Å². The van der Waals surface area contributed by atoms with E-state index < -0.39 is 9.84 Å². The van der Waals surface area contributed by atoms with Crippen molar-refractivity contribution in [3.05, 3.63) is 0 Å². The summed E-state index contributed by atoms with van der Waals surface area (Å²) in [5.74, 6) is 0.211. The summed E-state index contributed by atoms with van der Waals surface area (Å²) in [4.78, 5) is 14.4. The fourth-order valence-corrected chi connectivity index (χ4v) is 4.64. The minimum Gasteiger partial charge on any atom is -0.339 e. The predicted molar refractivity (Wildman–Crippen MR) is 90.4 cm³/mol. The molecule has 0 aromatic carbocycles. The van der Waals surface area contributed by atoms with Gasteiger partial charge < -0.3 is 10.6 Å². The van der Waals surface area contributed by atoms with Crippen molar-refractivity contribution >= 4 is 15.7 Å². The van der Waals surface area contributed by atoms with Crippen molar-refractivity contribution in [3.63, 3.8) is 0 Å². The lowest BCUT2D eigenvalue weighted by atomic mass is 9.71. The van der Waals surface area contributed by atoms with Crippen molar-refractivity contribution in [1.29, 1.82) is 0 Å². The second-order valence-corrected chi connectivity index (χ2v) is 9.07. The number of nitrogens with two attached hydrogens (primary N) is 1. The molecule has 1 aliphatic carbocycles. The number of carbonyl (C=O) groups excluding carboxylic acids is 1. The molecule has 1 aliphatic rings. The maximum Gasteiger partial charge on any atom is 0.223 e. The summed E-state index contributed by atoms with van der Waals surface area (Å²) in [6.45, 7) is 6.46. The summed E-state index contributed by atoms with van der Waals surface area (Å²) >= 11 is 0. The maximum atomic E-state index is 12.7. The van der Waals surface area contributed by atoms with Crippen LogP contribution in [0.1, 0.15) is 59.3 Å². The van der Waals surface area contributed by atoms with Crippen molar-refractivity contribution in [2.24, 2.45) is 11.1 Å². The predicted octanol–water partition coefficient (Wildman–Crippen LogP) is 1.96. The van der Waals surface area contributed by atoms with Gasteiger partial charge >= 0.3 is 0 Å². The Hall–Kier alpha value is -0.620. The minimum absolute atomic E-state index is 0.0404. The summed E-state index contributed by atoms with van der Waals surface area (Å²) in [7, 11) is -3.08. The summed E-state index contributed by atoms with van der Waals surface area (Å²) in [5.41, 5.74) is 5.88. The zero-order chi connectivity index (χ0) is 16.8. The SMILES string of the molecule is CCN(C(=O)CC1(CN)CCCCC1)C(C)CS(=O)(=O)CC. The van der Waals surface area contributed by atoms with Gasteiger partial charge in [-0.3, -0.25) is 4.79 Å². The number of rotatable bonds is 8. The Morgan fingerprint density at radius 2 is 1.82 bits per heavy atom. The Morgan fingerprint density at radius 1 is 1.23 bits per heavy atom. The number of hydrogen-bond acceptors (Lipinski definition) is 4. The molecule has 0 aromatic heterocycles. The van der Waals surface area contributed by atoms with Crippen LogP contribution < -0.4 is 5.73 Å². The van der Waals surface area contributed by atoms with Gasteiger partial charge in [0, 0.05) is 24.8 Å². The van der Waals surface area contributed by atoms with E-state index in [-0.39, 0.29) is 28.9 Å². The third-order valence-corrected chi connectivity index (χ3v) is 6.87. The van der Waals surface area contributed by atoms with Crippen LogP contribution in [-0.2, 0) is 14.6 Å². The lowest BCUT2D eigenvalue weighted by molar-refractivity contribution is -0.135. The second kappa shape index (κ2) is 8.29. The Labute approximate surface area is 135 Å². The third-order valence-electron chi connectivity index (χ3n) is 5.00. The normalized spacial score (nSPS) is 19.6. The number of hydrogen-bond donors (Lipinski definition) is 1. The molecule has 0 aromatic rings. The van der Waals surface area contributed by atoms with Gasteiger partial charge in [0.2, 0.25) is 5.91 Å². The van der Waals surface area contributed by atoms with E-state index in [1.165, 1.54) is 6.42 Å². The summed E-state index contributed by atoms with van der Waals surface area (Å²) in [5, 5.41) is 0. The molecule has 0 radical (unpaired) electrons. The zero-order valence-electron chi connectivity index (χ0n) is 14.3. The van der Waals surface area contributed by atoms with Crippen LogP contribution >= 0.6 is 0 Å². The van der Waals surface area contributed by atoms with Crippen LogP contribution in [0.3, 0.4) is 0 Å². The van der Waals surface area contributed by atoms with Crippen molar-refractivity contribution in [2.45, 2.75) is 65.3 Å². The smallest absolute Gasteiger partial charge is 0.223 e. The highest BCUT2D eigenvalue weighted by molar-refractivity contribution is 7.91. The molecule has 0 saturated heterocycles. The average molecular weight is 333 g/mol. The van der Waals surface area contributed by atoms with Crippen LogP contribution in [0.5, 0.6) is 0 Å². The lowest BCUT2D eigenvalue weighted by Crippen LogP contribution is -2.46. The number of nitrogens with zero attached hydrogens (tertiary/aromatic N) is 1. The van der Waals surface area contributed by atoms with E-state index in [9.17, 15) is 13.2 Å². The molecule has 6 heteroatoms. The Morgan fingerprint density at radius 3 is 2.27 bits per heavy atom. The molecule has 22 heavy (non-hydrogen) atoms. The van der Waals surface area contributed by atoms with Gasteiger partial charge in [-0.1, -0.05) is 26.2 Å². The molecule has 1 fully saturated rings. The molecule has 1 unspecified atom stereocenters. The van der Waals surface area contributed by atoms with Crippen LogP contribution in [0.2, 0.25) is 0 Å². The van der Waals surface area contributed by atoms with Crippen LogP contribution in [0, 0.1) is 5.41 Å². The first-order chi connectivity index (χ1) is 10.3. The highest BCUT2D eigenvalue weighted by Crippen LogP contribution is 2.38. The molecular weight excluding hydrogens is 300 g/mol. The fourth-order valence-electron chi connectivity index (χ4n) is 3.49. The van der Waals surface area contributed by atoms with E-state index in [4.69, 9.17) is 5.73 Å². The first-order valence-electron chi connectivity index (χ1n) is 8.49. The molecule has 5 nitrogen and oxygen atoms in total. The molecule has 0 bridgehead atoms. The Balaban J connectivity index is 2.74. The van der Waals surface area contributed by atoms with Crippen LogP contribution in [0.25, 0.3) is 0 Å². The summed E-state index contributed by atoms with van der Waals surface area (Å²) in [6.07, 6.45) is 5.96. The monoisotopic (exact) mass is 332 g/mol. The maximum absolute atomic E-state index is 12.7. The Kier molecular flexibility index (Phi) is 7.32. The second-order valence-electron chi connectivity index (χ2n) is 6.67. The number of amides is 1. The molecule has 0 aliphatic heterocycles. The van der Waals surface area contributed by atoms with E-state index in [2.05, 4.69) is 0 Å². The summed E-state index contributed by atoms with van der Waals surface area (Å²) < 4.78 is 23.6. The molecule has 1 amide bonds. The zero-order valence-corrected chi connectivity index (χ0v) is 15.1. The van der Waals surface area contributed by atoms with E-state index in [0.717, 1.165) is 25.7 Å². The molecule has 1 rings (SSSR count). The average Bonchev–Trinajstić information content (AvgIpc) is 2.48. The quantitative estimate of drug-likeness (QED) is 0.737. The largest absolute Gasteiger partial charge is 0.339 e. The van der Waals surface area contributed by atoms with Gasteiger partial charge in [-0.15, -0.1) is 0 Å². The van der Waals surface area contributed by atoms with E-state index >= 15 is 0 Å². The lowest BCUT2D eigenvalue weighted by Gasteiger charge is -2.38. The Bertz CT molecular complexity index is 456. The van der Waals surface area contributed by atoms with Crippen LogP contribution in [-0.4, -0.2) is 49.9 Å². The standard InChI is InChI=1S/C16H32N2O3S/c1-4-18(14(3)12-22(20,21)5-2)15(19)11-16(13-17)9-7-6-8-10-16/h14H,4-13,17H2,1-3H3.